The van der Waals surface area contributed by atoms with Crippen molar-refractivity contribution in [1.29, 1.82) is 0 Å². The summed E-state index contributed by atoms with van der Waals surface area (Å²) < 4.78 is 0. The van der Waals surface area contributed by atoms with Crippen LogP contribution in [0.2, 0.25) is 0 Å². The van der Waals surface area contributed by atoms with Crippen LogP contribution in [0.3, 0.4) is 0 Å². The SMILES string of the molecule is Cc1ccccc1Cc1c(C)[nH]c(=O)[nH]c1=O. The molecular weight excluding hydrogens is 216 g/mol. The summed E-state index contributed by atoms with van der Waals surface area (Å²) >= 11 is 0. The van der Waals surface area contributed by atoms with Crippen molar-refractivity contribution in [2.75, 3.05) is 0 Å². The van der Waals surface area contributed by atoms with Gasteiger partial charge in [-0.2, -0.15) is 0 Å². The number of benzene rings is 1. The predicted octanol–water partition coefficient (Wildman–Crippen LogP) is 1.27. The molecule has 4 heteroatoms. The molecular formula is C13H14N2O2. The van der Waals surface area contributed by atoms with E-state index in [0.717, 1.165) is 11.1 Å². The molecule has 0 spiro atoms. The van der Waals surface area contributed by atoms with Crippen molar-refractivity contribution in [1.82, 2.24) is 9.97 Å². The van der Waals surface area contributed by atoms with E-state index in [4.69, 9.17) is 0 Å². The Hall–Kier alpha value is -2.10. The zero-order valence-corrected chi connectivity index (χ0v) is 9.83. The molecule has 0 atom stereocenters. The van der Waals surface area contributed by atoms with Crippen LogP contribution in [0.4, 0.5) is 0 Å². The Morgan fingerprint density at radius 3 is 2.41 bits per heavy atom. The molecule has 0 radical (unpaired) electrons. The number of rotatable bonds is 2. The van der Waals surface area contributed by atoms with Crippen molar-refractivity contribution in [3.63, 3.8) is 0 Å². The van der Waals surface area contributed by atoms with E-state index in [0.29, 0.717) is 17.7 Å². The van der Waals surface area contributed by atoms with E-state index in [9.17, 15) is 9.59 Å². The maximum atomic E-state index is 11.7. The van der Waals surface area contributed by atoms with E-state index in [1.54, 1.807) is 6.92 Å². The Kier molecular flexibility index (Phi) is 2.95. The molecule has 2 N–H and O–H groups in total. The lowest BCUT2D eigenvalue weighted by Gasteiger charge is -2.06. The Morgan fingerprint density at radius 1 is 1.06 bits per heavy atom. The number of aryl methyl sites for hydroxylation is 2. The maximum absolute atomic E-state index is 11.7. The molecule has 2 rings (SSSR count). The van der Waals surface area contributed by atoms with E-state index >= 15 is 0 Å². The quantitative estimate of drug-likeness (QED) is 0.816. The summed E-state index contributed by atoms with van der Waals surface area (Å²) in [7, 11) is 0. The number of aromatic nitrogens is 2. The third kappa shape index (κ3) is 2.36. The summed E-state index contributed by atoms with van der Waals surface area (Å²) in [5, 5.41) is 0. The van der Waals surface area contributed by atoms with Crippen molar-refractivity contribution < 1.29 is 0 Å². The molecule has 2 aromatic rings. The van der Waals surface area contributed by atoms with E-state index < -0.39 is 5.69 Å². The van der Waals surface area contributed by atoms with Crippen LogP contribution in [0.1, 0.15) is 22.4 Å². The fraction of sp³-hybridized carbons (Fsp3) is 0.231. The molecule has 1 heterocycles. The second-order valence-electron chi connectivity index (χ2n) is 4.12. The van der Waals surface area contributed by atoms with Crippen LogP contribution >= 0.6 is 0 Å². The van der Waals surface area contributed by atoms with Gasteiger partial charge in [0.15, 0.2) is 0 Å². The second-order valence-corrected chi connectivity index (χ2v) is 4.12. The molecule has 1 aromatic carbocycles. The van der Waals surface area contributed by atoms with Gasteiger partial charge in [-0.3, -0.25) is 9.78 Å². The van der Waals surface area contributed by atoms with Crippen LogP contribution in [0.15, 0.2) is 33.9 Å². The number of H-pyrrole nitrogens is 2. The van der Waals surface area contributed by atoms with Gasteiger partial charge in [-0.15, -0.1) is 0 Å². The summed E-state index contributed by atoms with van der Waals surface area (Å²) in [6.45, 7) is 3.74. The van der Waals surface area contributed by atoms with Gasteiger partial charge in [-0.25, -0.2) is 4.79 Å². The Morgan fingerprint density at radius 2 is 1.76 bits per heavy atom. The van der Waals surface area contributed by atoms with Crippen LogP contribution in [0.5, 0.6) is 0 Å². The molecule has 0 amide bonds. The summed E-state index contributed by atoms with van der Waals surface area (Å²) in [5.74, 6) is 0. The molecule has 0 fully saturated rings. The number of hydrogen-bond donors (Lipinski definition) is 2. The van der Waals surface area contributed by atoms with Gasteiger partial charge in [0.25, 0.3) is 5.56 Å². The van der Waals surface area contributed by atoms with Crippen LogP contribution < -0.4 is 11.2 Å². The van der Waals surface area contributed by atoms with E-state index in [1.807, 2.05) is 31.2 Å². The minimum absolute atomic E-state index is 0.311. The van der Waals surface area contributed by atoms with E-state index in [1.165, 1.54) is 0 Å². The summed E-state index contributed by atoms with van der Waals surface area (Å²) in [6.07, 6.45) is 0.532. The fourth-order valence-corrected chi connectivity index (χ4v) is 1.84. The third-order valence-electron chi connectivity index (χ3n) is 2.88. The molecule has 88 valence electrons. The molecule has 0 aliphatic rings. The van der Waals surface area contributed by atoms with Gasteiger partial charge in [0.05, 0.1) is 0 Å². The molecule has 0 aliphatic heterocycles. The lowest BCUT2D eigenvalue weighted by atomic mass is 10.0. The highest BCUT2D eigenvalue weighted by molar-refractivity contribution is 5.32. The van der Waals surface area contributed by atoms with Crippen LogP contribution in [-0.4, -0.2) is 9.97 Å². The normalized spacial score (nSPS) is 10.5. The highest BCUT2D eigenvalue weighted by Gasteiger charge is 2.07. The summed E-state index contributed by atoms with van der Waals surface area (Å²) in [4.78, 5) is 27.6. The lowest BCUT2D eigenvalue weighted by molar-refractivity contribution is 0.931. The molecule has 0 saturated heterocycles. The first-order valence-corrected chi connectivity index (χ1v) is 5.44. The average Bonchev–Trinajstić information content (AvgIpc) is 2.25. The van der Waals surface area contributed by atoms with Crippen molar-refractivity contribution in [3.05, 3.63) is 67.5 Å². The van der Waals surface area contributed by atoms with Crippen LogP contribution in [0, 0.1) is 13.8 Å². The first-order chi connectivity index (χ1) is 8.08. The van der Waals surface area contributed by atoms with Crippen molar-refractivity contribution in [2.24, 2.45) is 0 Å². The molecule has 0 aliphatic carbocycles. The summed E-state index contributed by atoms with van der Waals surface area (Å²) in [6, 6.07) is 7.89. The number of hydrogen-bond acceptors (Lipinski definition) is 2. The van der Waals surface area contributed by atoms with Gasteiger partial charge in [-0.1, -0.05) is 24.3 Å². The minimum atomic E-state index is -0.457. The van der Waals surface area contributed by atoms with Crippen molar-refractivity contribution in [2.45, 2.75) is 20.3 Å². The zero-order chi connectivity index (χ0) is 12.4. The molecule has 0 saturated carbocycles. The van der Waals surface area contributed by atoms with Gasteiger partial charge >= 0.3 is 5.69 Å². The van der Waals surface area contributed by atoms with E-state index in [-0.39, 0.29) is 5.56 Å². The first kappa shape index (κ1) is 11.4. The number of aromatic amines is 2. The molecule has 0 unspecified atom stereocenters. The van der Waals surface area contributed by atoms with Crippen molar-refractivity contribution in [3.8, 4) is 0 Å². The van der Waals surface area contributed by atoms with Crippen molar-refractivity contribution >= 4 is 0 Å². The Balaban J connectivity index is 2.48. The van der Waals surface area contributed by atoms with Crippen LogP contribution in [-0.2, 0) is 6.42 Å². The predicted molar refractivity (Wildman–Crippen MR) is 66.4 cm³/mol. The topological polar surface area (TPSA) is 65.7 Å². The standard InChI is InChI=1S/C13H14N2O2/c1-8-5-3-4-6-10(8)7-11-9(2)14-13(17)15-12(11)16/h3-6H,7H2,1-2H3,(H2,14,15,16,17). The van der Waals surface area contributed by atoms with Crippen LogP contribution in [0.25, 0.3) is 0 Å². The Bertz CT molecular complexity index is 653. The monoisotopic (exact) mass is 230 g/mol. The van der Waals surface area contributed by atoms with Gasteiger partial charge < -0.3 is 4.98 Å². The minimum Gasteiger partial charge on any atom is -0.311 e. The third-order valence-corrected chi connectivity index (χ3v) is 2.88. The average molecular weight is 230 g/mol. The first-order valence-electron chi connectivity index (χ1n) is 5.44. The maximum Gasteiger partial charge on any atom is 0.325 e. The highest BCUT2D eigenvalue weighted by Crippen LogP contribution is 2.11. The van der Waals surface area contributed by atoms with Gasteiger partial charge in [0, 0.05) is 17.7 Å². The second kappa shape index (κ2) is 4.41. The molecule has 1 aromatic heterocycles. The lowest BCUT2D eigenvalue weighted by Crippen LogP contribution is -2.27. The largest absolute Gasteiger partial charge is 0.325 e. The Labute approximate surface area is 98.3 Å². The summed E-state index contributed by atoms with van der Waals surface area (Å²) in [5.41, 5.74) is 2.70. The van der Waals surface area contributed by atoms with Gasteiger partial charge in [0.1, 0.15) is 0 Å². The molecule has 4 nitrogen and oxygen atoms in total. The van der Waals surface area contributed by atoms with E-state index in [2.05, 4.69) is 9.97 Å². The smallest absolute Gasteiger partial charge is 0.311 e. The molecule has 0 bridgehead atoms. The molecule has 17 heavy (non-hydrogen) atoms. The van der Waals surface area contributed by atoms with Gasteiger partial charge in [-0.05, 0) is 25.0 Å². The fourth-order valence-electron chi connectivity index (χ4n) is 1.84. The van der Waals surface area contributed by atoms with Gasteiger partial charge in [0.2, 0.25) is 0 Å². The highest BCUT2D eigenvalue weighted by atomic mass is 16.2. The zero-order valence-electron chi connectivity index (χ0n) is 9.83. The number of nitrogens with one attached hydrogen (secondary N) is 2.